The average molecular weight is 229 g/mol. The number of ether oxygens (including phenoxy) is 1. The van der Waals surface area contributed by atoms with E-state index in [1.807, 2.05) is 0 Å². The molecular weight excluding hydrogens is 211 g/mol. The molecule has 2 aliphatic heterocycles. The van der Waals surface area contributed by atoms with E-state index in [9.17, 15) is 0 Å². The Morgan fingerprint density at radius 2 is 2.23 bits per heavy atom. The van der Waals surface area contributed by atoms with Gasteiger partial charge in [0.25, 0.3) is 0 Å². The van der Waals surface area contributed by atoms with Gasteiger partial charge in [-0.1, -0.05) is 0 Å². The maximum absolute atomic E-state index is 5.69. The summed E-state index contributed by atoms with van der Waals surface area (Å²) in [6, 6.07) is 0. The lowest BCUT2D eigenvalue weighted by atomic mass is 9.77. The van der Waals surface area contributed by atoms with E-state index in [1.54, 1.807) is 0 Å². The second-order valence-corrected chi connectivity index (χ2v) is 3.73. The molecule has 80 valence electrons. The molecular formula is C8H18Cl2N2O. The fourth-order valence-electron chi connectivity index (χ4n) is 2.27. The van der Waals surface area contributed by atoms with Gasteiger partial charge in [0.05, 0.1) is 6.61 Å². The Kier molecular flexibility index (Phi) is 5.56. The molecule has 0 aromatic carbocycles. The standard InChI is InChI=1S/C8H16N2O.2ClH/c9-3-7-4-10-5-8(7)1-2-11-6-8;;/h7,10H,1-6,9H2;2*1H. The van der Waals surface area contributed by atoms with Crippen LogP contribution in [0.15, 0.2) is 0 Å². The molecule has 0 bridgehead atoms. The molecule has 13 heavy (non-hydrogen) atoms. The van der Waals surface area contributed by atoms with Gasteiger partial charge >= 0.3 is 0 Å². The van der Waals surface area contributed by atoms with Crippen molar-refractivity contribution in [3.8, 4) is 0 Å². The quantitative estimate of drug-likeness (QED) is 0.684. The maximum Gasteiger partial charge on any atom is 0.0539 e. The number of hydrogen-bond donors (Lipinski definition) is 2. The maximum atomic E-state index is 5.69. The first-order valence-electron chi connectivity index (χ1n) is 4.36. The van der Waals surface area contributed by atoms with E-state index < -0.39 is 0 Å². The van der Waals surface area contributed by atoms with Crippen molar-refractivity contribution in [3.63, 3.8) is 0 Å². The molecule has 3 nitrogen and oxygen atoms in total. The second kappa shape index (κ2) is 5.37. The lowest BCUT2D eigenvalue weighted by Crippen LogP contribution is -2.34. The largest absolute Gasteiger partial charge is 0.381 e. The lowest BCUT2D eigenvalue weighted by Gasteiger charge is -2.26. The van der Waals surface area contributed by atoms with Gasteiger partial charge in [0, 0.05) is 18.6 Å². The minimum atomic E-state index is 0. The highest BCUT2D eigenvalue weighted by molar-refractivity contribution is 5.85. The molecule has 2 heterocycles. The number of nitrogens with one attached hydrogen (secondary N) is 1. The molecule has 3 N–H and O–H groups in total. The molecule has 5 heteroatoms. The lowest BCUT2D eigenvalue weighted by molar-refractivity contribution is 0.137. The summed E-state index contributed by atoms with van der Waals surface area (Å²) in [5, 5.41) is 3.40. The summed E-state index contributed by atoms with van der Waals surface area (Å²) >= 11 is 0. The number of rotatable bonds is 1. The van der Waals surface area contributed by atoms with Gasteiger partial charge in [0.2, 0.25) is 0 Å². The van der Waals surface area contributed by atoms with Crippen LogP contribution >= 0.6 is 24.8 Å². The fraction of sp³-hybridized carbons (Fsp3) is 1.00. The zero-order valence-electron chi connectivity index (χ0n) is 7.62. The van der Waals surface area contributed by atoms with Gasteiger partial charge in [0.1, 0.15) is 0 Å². The molecule has 2 aliphatic rings. The molecule has 2 unspecified atom stereocenters. The molecule has 2 saturated heterocycles. The van der Waals surface area contributed by atoms with Crippen molar-refractivity contribution in [2.24, 2.45) is 17.1 Å². The van der Waals surface area contributed by atoms with Gasteiger partial charge in [-0.2, -0.15) is 0 Å². The van der Waals surface area contributed by atoms with Gasteiger partial charge < -0.3 is 15.8 Å². The molecule has 2 fully saturated rings. The van der Waals surface area contributed by atoms with Crippen LogP contribution in [0, 0.1) is 11.3 Å². The zero-order chi connectivity index (χ0) is 7.73. The Morgan fingerprint density at radius 3 is 2.77 bits per heavy atom. The zero-order valence-corrected chi connectivity index (χ0v) is 9.26. The van der Waals surface area contributed by atoms with Crippen molar-refractivity contribution in [1.82, 2.24) is 5.32 Å². The summed E-state index contributed by atoms with van der Waals surface area (Å²) in [4.78, 5) is 0. The molecule has 0 aliphatic carbocycles. The summed E-state index contributed by atoms with van der Waals surface area (Å²) in [5.74, 6) is 0.644. The normalized spacial score (nSPS) is 37.2. The highest BCUT2D eigenvalue weighted by atomic mass is 35.5. The first-order valence-corrected chi connectivity index (χ1v) is 4.36. The summed E-state index contributed by atoms with van der Waals surface area (Å²) in [7, 11) is 0. The van der Waals surface area contributed by atoms with Crippen LogP contribution in [-0.2, 0) is 4.74 Å². The van der Waals surface area contributed by atoms with E-state index >= 15 is 0 Å². The van der Waals surface area contributed by atoms with Crippen molar-refractivity contribution in [2.45, 2.75) is 6.42 Å². The summed E-state index contributed by atoms with van der Waals surface area (Å²) in [6.07, 6.45) is 1.20. The van der Waals surface area contributed by atoms with Crippen LogP contribution in [0.25, 0.3) is 0 Å². The predicted octanol–water partition coefficient (Wildman–Crippen LogP) is 0.415. The molecule has 0 aromatic heterocycles. The van der Waals surface area contributed by atoms with Crippen LogP contribution in [0.3, 0.4) is 0 Å². The molecule has 0 aromatic rings. The third kappa shape index (κ3) is 2.28. The van der Waals surface area contributed by atoms with Gasteiger partial charge in [-0.3, -0.25) is 0 Å². The van der Waals surface area contributed by atoms with Crippen molar-refractivity contribution in [1.29, 1.82) is 0 Å². The van der Waals surface area contributed by atoms with Crippen LogP contribution in [0.2, 0.25) is 0 Å². The van der Waals surface area contributed by atoms with Crippen LogP contribution < -0.4 is 11.1 Å². The third-order valence-corrected chi connectivity index (χ3v) is 3.15. The number of nitrogens with two attached hydrogens (primary N) is 1. The summed E-state index contributed by atoms with van der Waals surface area (Å²) < 4.78 is 5.42. The summed E-state index contributed by atoms with van der Waals surface area (Å²) in [6.45, 7) is 4.84. The Labute approximate surface area is 91.6 Å². The summed E-state index contributed by atoms with van der Waals surface area (Å²) in [5.41, 5.74) is 6.09. The Morgan fingerprint density at radius 1 is 1.46 bits per heavy atom. The van der Waals surface area contributed by atoms with E-state index in [1.165, 1.54) is 6.42 Å². The number of halogens is 2. The monoisotopic (exact) mass is 228 g/mol. The van der Waals surface area contributed by atoms with E-state index in [0.29, 0.717) is 11.3 Å². The molecule has 0 radical (unpaired) electrons. The van der Waals surface area contributed by atoms with Gasteiger partial charge in [-0.15, -0.1) is 24.8 Å². The smallest absolute Gasteiger partial charge is 0.0539 e. The third-order valence-electron chi connectivity index (χ3n) is 3.15. The molecule has 2 rings (SSSR count). The molecule has 0 saturated carbocycles. The number of hydrogen-bond acceptors (Lipinski definition) is 3. The van der Waals surface area contributed by atoms with Crippen LogP contribution in [0.1, 0.15) is 6.42 Å². The second-order valence-electron chi connectivity index (χ2n) is 3.73. The van der Waals surface area contributed by atoms with Gasteiger partial charge in [-0.25, -0.2) is 0 Å². The Balaban J connectivity index is 0.000000720. The van der Waals surface area contributed by atoms with Crippen LogP contribution in [-0.4, -0.2) is 32.8 Å². The highest BCUT2D eigenvalue weighted by Gasteiger charge is 2.44. The van der Waals surface area contributed by atoms with Gasteiger partial charge in [-0.05, 0) is 25.4 Å². The van der Waals surface area contributed by atoms with Gasteiger partial charge in [0.15, 0.2) is 0 Å². The highest BCUT2D eigenvalue weighted by Crippen LogP contribution is 2.38. The molecule has 2 atom stereocenters. The first kappa shape index (κ1) is 13.5. The predicted molar refractivity (Wildman–Crippen MR) is 57.8 cm³/mol. The minimum Gasteiger partial charge on any atom is -0.381 e. The minimum absolute atomic E-state index is 0. The van der Waals surface area contributed by atoms with Crippen molar-refractivity contribution >= 4 is 24.8 Å². The first-order chi connectivity index (χ1) is 5.37. The molecule has 1 spiro atoms. The van der Waals surface area contributed by atoms with Crippen LogP contribution in [0.4, 0.5) is 0 Å². The SMILES string of the molecule is Cl.Cl.NCC1CNCC12CCOC2. The van der Waals surface area contributed by atoms with Crippen molar-refractivity contribution in [3.05, 3.63) is 0 Å². The average Bonchev–Trinajstić information content (AvgIpc) is 2.62. The Bertz CT molecular complexity index is 146. The van der Waals surface area contributed by atoms with Crippen molar-refractivity contribution < 1.29 is 4.74 Å². The van der Waals surface area contributed by atoms with E-state index in [-0.39, 0.29) is 24.8 Å². The topological polar surface area (TPSA) is 47.3 Å². The van der Waals surface area contributed by atoms with Crippen LogP contribution in [0.5, 0.6) is 0 Å². The van der Waals surface area contributed by atoms with Crippen molar-refractivity contribution in [2.75, 3.05) is 32.8 Å². The van der Waals surface area contributed by atoms with E-state index in [0.717, 1.165) is 32.8 Å². The van der Waals surface area contributed by atoms with E-state index in [4.69, 9.17) is 10.5 Å². The Hall–Kier alpha value is 0.460. The molecule has 0 amide bonds. The van der Waals surface area contributed by atoms with E-state index in [2.05, 4.69) is 5.32 Å². The fourth-order valence-corrected chi connectivity index (χ4v) is 2.27.